The van der Waals surface area contributed by atoms with Crippen molar-refractivity contribution in [3.05, 3.63) is 45.0 Å². The summed E-state index contributed by atoms with van der Waals surface area (Å²) in [5.41, 5.74) is 2.19. The molecule has 6 nitrogen and oxygen atoms in total. The highest BCUT2D eigenvalue weighted by Gasteiger charge is 2.31. The zero-order chi connectivity index (χ0) is 20.7. The molecule has 0 aliphatic heterocycles. The van der Waals surface area contributed by atoms with E-state index in [9.17, 15) is 16.8 Å². The normalized spacial score (nSPS) is 12.8. The molecule has 0 aliphatic carbocycles. The quantitative estimate of drug-likeness (QED) is 0.550. The maximum absolute atomic E-state index is 11.7. The van der Waals surface area contributed by atoms with Crippen LogP contribution < -0.4 is 0 Å². The molecule has 28 heavy (non-hydrogen) atoms. The van der Waals surface area contributed by atoms with Gasteiger partial charge in [-0.3, -0.25) is 0 Å². The maximum atomic E-state index is 11.7. The highest BCUT2D eigenvalue weighted by Crippen LogP contribution is 2.39. The van der Waals surface area contributed by atoms with E-state index in [1.54, 1.807) is 40.1 Å². The molecule has 0 amide bonds. The van der Waals surface area contributed by atoms with Gasteiger partial charge in [0.2, 0.25) is 0 Å². The van der Waals surface area contributed by atoms with Crippen LogP contribution in [0, 0.1) is 0 Å². The number of thiophene rings is 2. The first-order valence-corrected chi connectivity index (χ1v) is 12.5. The van der Waals surface area contributed by atoms with Crippen LogP contribution in [0.15, 0.2) is 35.3 Å². The van der Waals surface area contributed by atoms with Crippen LogP contribution in [-0.4, -0.2) is 26.8 Å². The number of nitrogens with zero attached hydrogens (tertiary/aromatic N) is 2. The Hall–Kier alpha value is -1.62. The van der Waals surface area contributed by atoms with Gasteiger partial charge < -0.3 is 0 Å². The fourth-order valence-electron chi connectivity index (χ4n) is 2.74. The van der Waals surface area contributed by atoms with Gasteiger partial charge >= 0.3 is 0 Å². The summed E-state index contributed by atoms with van der Waals surface area (Å²) in [6.45, 7) is 6.67. The van der Waals surface area contributed by atoms with Gasteiger partial charge in [0.15, 0.2) is 5.82 Å². The van der Waals surface area contributed by atoms with Crippen LogP contribution in [0.1, 0.15) is 37.4 Å². The molecule has 0 N–H and O–H groups in total. The van der Waals surface area contributed by atoms with E-state index in [0.29, 0.717) is 16.3 Å². The van der Waals surface area contributed by atoms with Crippen LogP contribution in [0.4, 0.5) is 0 Å². The fraction of sp³-hybridized carbons (Fsp3) is 0.333. The molecule has 0 bridgehead atoms. The monoisotopic (exact) mass is 456 g/mol. The van der Waals surface area contributed by atoms with Crippen molar-refractivity contribution in [2.45, 2.75) is 37.2 Å². The smallest absolute Gasteiger partial charge is 0.160 e. The van der Waals surface area contributed by atoms with Crippen LogP contribution in [-0.2, 0) is 30.9 Å². The molecule has 0 aliphatic rings. The van der Waals surface area contributed by atoms with E-state index in [1.807, 2.05) is 22.9 Å². The van der Waals surface area contributed by atoms with Gasteiger partial charge in [0.05, 0.1) is 9.49 Å². The Balaban J connectivity index is 2.03. The Bertz CT molecular complexity index is 1050. The molecule has 3 aromatic rings. The van der Waals surface area contributed by atoms with Crippen LogP contribution in [0.2, 0.25) is 0 Å². The summed E-state index contributed by atoms with van der Waals surface area (Å²) in [4.78, 5) is 10.3. The lowest BCUT2D eigenvalue weighted by atomic mass is 10.0. The molecule has 10 heteroatoms. The number of thiol groups is 2. The van der Waals surface area contributed by atoms with Crippen molar-refractivity contribution in [2.24, 2.45) is 0 Å². The summed E-state index contributed by atoms with van der Waals surface area (Å²) in [5, 5.41) is 3.68. The predicted molar refractivity (Wildman–Crippen MR) is 115 cm³/mol. The Morgan fingerprint density at radius 2 is 1.18 bits per heavy atom. The van der Waals surface area contributed by atoms with Crippen molar-refractivity contribution < 1.29 is 16.8 Å². The predicted octanol–water partition coefficient (Wildman–Crippen LogP) is 3.63. The third-order valence-corrected chi connectivity index (χ3v) is 9.61. The van der Waals surface area contributed by atoms with Crippen molar-refractivity contribution in [2.75, 3.05) is 0 Å². The molecular weight excluding hydrogens is 436 g/mol. The van der Waals surface area contributed by atoms with Crippen molar-refractivity contribution in [3.8, 4) is 22.5 Å². The summed E-state index contributed by atoms with van der Waals surface area (Å²) in [5.74, 6) is 0.441. The molecular formula is C18H20N2O4S4. The van der Waals surface area contributed by atoms with Gasteiger partial charge in [0, 0.05) is 38.8 Å². The van der Waals surface area contributed by atoms with Gasteiger partial charge in [0.1, 0.15) is 21.4 Å². The largest absolute Gasteiger partial charge is 0.236 e. The molecule has 0 fully saturated rings. The van der Waals surface area contributed by atoms with Gasteiger partial charge in [0.25, 0.3) is 0 Å². The fourth-order valence-corrected chi connectivity index (χ4v) is 5.93. The second-order valence-electron chi connectivity index (χ2n) is 7.25. The Labute approximate surface area is 175 Å². The van der Waals surface area contributed by atoms with E-state index in [0.717, 1.165) is 16.0 Å². The molecule has 0 atom stereocenters. The summed E-state index contributed by atoms with van der Waals surface area (Å²) in [7, 11) is -5.31. The third kappa shape index (κ3) is 3.66. The zero-order valence-corrected chi connectivity index (χ0v) is 19.1. The van der Waals surface area contributed by atoms with E-state index in [1.165, 1.54) is 22.7 Å². The van der Waals surface area contributed by atoms with Gasteiger partial charge in [-0.05, 0) is 50.6 Å². The zero-order valence-electron chi connectivity index (χ0n) is 15.7. The van der Waals surface area contributed by atoms with Gasteiger partial charge in [-0.2, -0.15) is 0 Å². The second kappa shape index (κ2) is 7.66. The van der Waals surface area contributed by atoms with Crippen molar-refractivity contribution in [3.63, 3.8) is 0 Å². The van der Waals surface area contributed by atoms with Crippen LogP contribution in [0.25, 0.3) is 22.5 Å². The minimum atomic E-state index is -2.66. The van der Waals surface area contributed by atoms with Crippen LogP contribution >= 0.6 is 22.7 Å². The first kappa shape index (κ1) is 21.1. The molecule has 3 rings (SSSR count). The van der Waals surface area contributed by atoms with Gasteiger partial charge in [-0.25, -0.2) is 26.8 Å². The average molecular weight is 457 g/mol. The van der Waals surface area contributed by atoms with Gasteiger partial charge in [-0.1, -0.05) is 0 Å². The SMILES string of the molecule is CC(C)(c1sccc1-c1cnc(-c2ccsc2C(C)(C)[SH](=O)=O)nc1)[SH](=O)=O. The average Bonchev–Trinajstić information content (AvgIpc) is 3.31. The van der Waals surface area contributed by atoms with Crippen LogP contribution in [0.3, 0.4) is 0 Å². The van der Waals surface area contributed by atoms with E-state index >= 15 is 0 Å². The Morgan fingerprint density at radius 3 is 1.64 bits per heavy atom. The van der Waals surface area contributed by atoms with E-state index in [-0.39, 0.29) is 0 Å². The molecule has 3 aromatic heterocycles. The summed E-state index contributed by atoms with van der Waals surface area (Å²) >= 11 is 2.75. The second-order valence-corrected chi connectivity index (χ2v) is 12.4. The van der Waals surface area contributed by atoms with E-state index < -0.39 is 30.9 Å². The molecule has 0 aromatic carbocycles. The first-order chi connectivity index (χ1) is 13.1. The number of rotatable bonds is 6. The molecule has 150 valence electrons. The number of hydrogen-bond donors (Lipinski definition) is 2. The highest BCUT2D eigenvalue weighted by molar-refractivity contribution is 7.74. The van der Waals surface area contributed by atoms with Gasteiger partial charge in [-0.15, -0.1) is 22.7 Å². The lowest BCUT2D eigenvalue weighted by Gasteiger charge is -2.18. The lowest BCUT2D eigenvalue weighted by Crippen LogP contribution is -2.18. The number of aromatic nitrogens is 2. The lowest BCUT2D eigenvalue weighted by molar-refractivity contribution is 0.578. The van der Waals surface area contributed by atoms with E-state index in [2.05, 4.69) is 9.97 Å². The maximum Gasteiger partial charge on any atom is 0.160 e. The molecule has 0 spiro atoms. The first-order valence-electron chi connectivity index (χ1n) is 8.34. The topological polar surface area (TPSA) is 94.1 Å². The minimum absolute atomic E-state index is 0.441. The summed E-state index contributed by atoms with van der Waals surface area (Å²) in [6.07, 6.45) is 3.29. The Kier molecular flexibility index (Phi) is 5.77. The van der Waals surface area contributed by atoms with E-state index in [4.69, 9.17) is 0 Å². The minimum Gasteiger partial charge on any atom is -0.236 e. The Morgan fingerprint density at radius 1 is 0.750 bits per heavy atom. The summed E-state index contributed by atoms with van der Waals surface area (Å²) < 4.78 is 44.6. The summed E-state index contributed by atoms with van der Waals surface area (Å²) in [6, 6.07) is 3.68. The third-order valence-electron chi connectivity index (χ3n) is 4.56. The van der Waals surface area contributed by atoms with Crippen molar-refractivity contribution >= 4 is 44.1 Å². The van der Waals surface area contributed by atoms with Crippen molar-refractivity contribution in [1.82, 2.24) is 9.97 Å². The molecule has 0 saturated heterocycles. The standard InChI is InChI=1S/C18H20N2O4S4/c1-17(2,27(21)22)14-12(5-7-25-14)11-9-19-16(20-10-11)13-6-8-26-15(13)18(3,4)28(23)24/h5-10,27-28H,1-4H3. The molecule has 0 saturated carbocycles. The molecule has 3 heterocycles. The van der Waals surface area contributed by atoms with Crippen LogP contribution in [0.5, 0.6) is 0 Å². The van der Waals surface area contributed by atoms with Crippen molar-refractivity contribution in [1.29, 1.82) is 0 Å². The highest BCUT2D eigenvalue weighted by atomic mass is 32.2. The molecule has 0 radical (unpaired) electrons. The number of hydrogen-bond acceptors (Lipinski definition) is 8. The molecule has 0 unspecified atom stereocenters.